The number of carbonyl (C=O) groups excluding carboxylic acids is 1. The SMILES string of the molecule is O=Cc1cccc(Cl)c1OCc1csc2ccccc12. The number of fused-ring (bicyclic) bond motifs is 1. The molecule has 0 aliphatic heterocycles. The molecule has 0 bridgehead atoms. The average molecular weight is 303 g/mol. The van der Waals surface area contributed by atoms with Gasteiger partial charge in [-0.1, -0.05) is 35.9 Å². The summed E-state index contributed by atoms with van der Waals surface area (Å²) in [5.41, 5.74) is 1.57. The summed E-state index contributed by atoms with van der Waals surface area (Å²) >= 11 is 7.77. The van der Waals surface area contributed by atoms with Gasteiger partial charge in [-0.15, -0.1) is 11.3 Å². The van der Waals surface area contributed by atoms with Crippen molar-refractivity contribution in [1.29, 1.82) is 0 Å². The van der Waals surface area contributed by atoms with Gasteiger partial charge in [0.05, 0.1) is 10.6 Å². The predicted octanol–water partition coefficient (Wildman–Crippen LogP) is 4.95. The van der Waals surface area contributed by atoms with Crippen molar-refractivity contribution in [3.63, 3.8) is 0 Å². The molecule has 100 valence electrons. The first-order valence-electron chi connectivity index (χ1n) is 6.11. The lowest BCUT2D eigenvalue weighted by atomic mass is 10.2. The third-order valence-electron chi connectivity index (χ3n) is 3.06. The highest BCUT2D eigenvalue weighted by Gasteiger charge is 2.10. The Hall–Kier alpha value is -1.84. The largest absolute Gasteiger partial charge is 0.487 e. The summed E-state index contributed by atoms with van der Waals surface area (Å²) in [7, 11) is 0. The van der Waals surface area contributed by atoms with Crippen LogP contribution in [0.25, 0.3) is 10.1 Å². The zero-order valence-electron chi connectivity index (χ0n) is 10.5. The summed E-state index contributed by atoms with van der Waals surface area (Å²) < 4.78 is 6.98. The molecule has 3 rings (SSSR count). The Labute approximate surface area is 125 Å². The van der Waals surface area contributed by atoms with E-state index >= 15 is 0 Å². The zero-order chi connectivity index (χ0) is 13.9. The number of aldehydes is 1. The average Bonchev–Trinajstić information content (AvgIpc) is 2.89. The second-order valence-electron chi connectivity index (χ2n) is 4.32. The number of rotatable bonds is 4. The van der Waals surface area contributed by atoms with Crippen molar-refractivity contribution < 1.29 is 9.53 Å². The molecule has 0 amide bonds. The van der Waals surface area contributed by atoms with E-state index < -0.39 is 0 Å². The van der Waals surface area contributed by atoms with Crippen molar-refractivity contribution in [3.05, 3.63) is 64.0 Å². The van der Waals surface area contributed by atoms with Crippen LogP contribution in [0.4, 0.5) is 0 Å². The van der Waals surface area contributed by atoms with Crippen LogP contribution in [0, 0.1) is 0 Å². The van der Waals surface area contributed by atoms with Crippen molar-refractivity contribution in [2.75, 3.05) is 0 Å². The number of hydrogen-bond donors (Lipinski definition) is 0. The molecule has 1 heterocycles. The van der Waals surface area contributed by atoms with Crippen LogP contribution in [0.15, 0.2) is 47.8 Å². The Morgan fingerprint density at radius 1 is 1.15 bits per heavy atom. The van der Waals surface area contributed by atoms with Gasteiger partial charge in [-0.2, -0.15) is 0 Å². The first-order valence-corrected chi connectivity index (χ1v) is 7.37. The second kappa shape index (κ2) is 5.65. The van der Waals surface area contributed by atoms with Crippen molar-refractivity contribution >= 4 is 39.3 Å². The Balaban J connectivity index is 1.89. The molecule has 2 aromatic carbocycles. The summed E-state index contributed by atoms with van der Waals surface area (Å²) in [6.07, 6.45) is 0.757. The summed E-state index contributed by atoms with van der Waals surface area (Å²) in [5, 5.41) is 3.70. The van der Waals surface area contributed by atoms with Crippen LogP contribution in [0.3, 0.4) is 0 Å². The maximum absolute atomic E-state index is 11.0. The van der Waals surface area contributed by atoms with Gasteiger partial charge in [0.25, 0.3) is 0 Å². The van der Waals surface area contributed by atoms with E-state index in [0.717, 1.165) is 11.8 Å². The molecule has 0 saturated carbocycles. The fraction of sp³-hybridized carbons (Fsp3) is 0.0625. The number of para-hydroxylation sites is 1. The number of ether oxygens (including phenoxy) is 1. The van der Waals surface area contributed by atoms with Gasteiger partial charge < -0.3 is 4.74 Å². The van der Waals surface area contributed by atoms with Gasteiger partial charge in [0.2, 0.25) is 0 Å². The van der Waals surface area contributed by atoms with E-state index in [9.17, 15) is 4.79 Å². The minimum atomic E-state index is 0.397. The number of thiophene rings is 1. The second-order valence-corrected chi connectivity index (χ2v) is 5.64. The van der Waals surface area contributed by atoms with Crippen LogP contribution >= 0.6 is 22.9 Å². The fourth-order valence-electron chi connectivity index (χ4n) is 2.07. The normalized spacial score (nSPS) is 10.7. The highest BCUT2D eigenvalue weighted by Crippen LogP contribution is 2.31. The fourth-order valence-corrected chi connectivity index (χ4v) is 3.25. The van der Waals surface area contributed by atoms with Gasteiger partial charge in [-0.3, -0.25) is 4.79 Å². The standard InChI is InChI=1S/C16H11ClO2S/c17-14-6-3-4-11(8-18)16(14)19-9-12-10-20-15-7-2-1-5-13(12)15/h1-8,10H,9H2. The topological polar surface area (TPSA) is 26.3 Å². The quantitative estimate of drug-likeness (QED) is 0.638. The smallest absolute Gasteiger partial charge is 0.153 e. The van der Waals surface area contributed by atoms with Gasteiger partial charge in [0, 0.05) is 10.3 Å². The monoisotopic (exact) mass is 302 g/mol. The number of carbonyl (C=O) groups is 1. The molecule has 2 nitrogen and oxygen atoms in total. The van der Waals surface area contributed by atoms with Gasteiger partial charge in [-0.25, -0.2) is 0 Å². The van der Waals surface area contributed by atoms with Crippen LogP contribution < -0.4 is 4.74 Å². The highest BCUT2D eigenvalue weighted by atomic mass is 35.5. The lowest BCUT2D eigenvalue weighted by molar-refractivity contribution is 0.111. The van der Waals surface area contributed by atoms with E-state index in [1.54, 1.807) is 29.5 Å². The van der Waals surface area contributed by atoms with Gasteiger partial charge in [-0.05, 0) is 29.0 Å². The molecule has 20 heavy (non-hydrogen) atoms. The van der Waals surface area contributed by atoms with Crippen LogP contribution in [0.1, 0.15) is 15.9 Å². The minimum Gasteiger partial charge on any atom is -0.487 e. The number of halogens is 1. The van der Waals surface area contributed by atoms with E-state index in [-0.39, 0.29) is 0 Å². The molecular weight excluding hydrogens is 292 g/mol. The lowest BCUT2D eigenvalue weighted by Gasteiger charge is -2.09. The molecule has 0 atom stereocenters. The van der Waals surface area contributed by atoms with Crippen molar-refractivity contribution in [2.45, 2.75) is 6.61 Å². The van der Waals surface area contributed by atoms with E-state index in [4.69, 9.17) is 16.3 Å². The summed E-state index contributed by atoms with van der Waals surface area (Å²) in [4.78, 5) is 11.0. The van der Waals surface area contributed by atoms with Gasteiger partial charge >= 0.3 is 0 Å². The van der Waals surface area contributed by atoms with E-state index in [1.807, 2.05) is 12.1 Å². The maximum Gasteiger partial charge on any atom is 0.153 e. The van der Waals surface area contributed by atoms with Crippen LogP contribution in [0.2, 0.25) is 5.02 Å². The Morgan fingerprint density at radius 3 is 2.85 bits per heavy atom. The Kier molecular flexibility index (Phi) is 3.72. The molecule has 3 aromatic rings. The number of hydrogen-bond acceptors (Lipinski definition) is 3. The van der Waals surface area contributed by atoms with Crippen LogP contribution in [0.5, 0.6) is 5.75 Å². The van der Waals surface area contributed by atoms with E-state index in [0.29, 0.717) is 22.9 Å². The summed E-state index contributed by atoms with van der Waals surface area (Å²) in [6, 6.07) is 13.3. The van der Waals surface area contributed by atoms with Crippen molar-refractivity contribution in [3.8, 4) is 5.75 Å². The van der Waals surface area contributed by atoms with E-state index in [2.05, 4.69) is 17.5 Å². The van der Waals surface area contributed by atoms with Gasteiger partial charge in [0.15, 0.2) is 6.29 Å². The predicted molar refractivity (Wildman–Crippen MR) is 83.0 cm³/mol. The lowest BCUT2D eigenvalue weighted by Crippen LogP contribution is -1.98. The van der Waals surface area contributed by atoms with Crippen LogP contribution in [-0.2, 0) is 6.61 Å². The first kappa shape index (κ1) is 13.2. The van der Waals surface area contributed by atoms with Crippen molar-refractivity contribution in [1.82, 2.24) is 0 Å². The molecule has 0 spiro atoms. The molecule has 0 unspecified atom stereocenters. The first-order chi connectivity index (χ1) is 9.79. The van der Waals surface area contributed by atoms with E-state index in [1.165, 1.54) is 10.1 Å². The zero-order valence-corrected chi connectivity index (χ0v) is 12.1. The molecule has 0 N–H and O–H groups in total. The molecule has 0 radical (unpaired) electrons. The molecule has 0 aliphatic rings. The number of benzene rings is 2. The van der Waals surface area contributed by atoms with Gasteiger partial charge in [0.1, 0.15) is 12.4 Å². The summed E-state index contributed by atoms with van der Waals surface area (Å²) in [5.74, 6) is 0.444. The Bertz CT molecular complexity index is 764. The van der Waals surface area contributed by atoms with Crippen LogP contribution in [-0.4, -0.2) is 6.29 Å². The molecule has 4 heteroatoms. The summed E-state index contributed by atoms with van der Waals surface area (Å²) in [6.45, 7) is 0.397. The third kappa shape index (κ3) is 2.42. The van der Waals surface area contributed by atoms with Crippen molar-refractivity contribution in [2.24, 2.45) is 0 Å². The molecule has 1 aromatic heterocycles. The molecular formula is C16H11ClO2S. The minimum absolute atomic E-state index is 0.397. The molecule has 0 saturated heterocycles. The molecule has 0 fully saturated rings. The maximum atomic E-state index is 11.0. The highest BCUT2D eigenvalue weighted by molar-refractivity contribution is 7.17. The Morgan fingerprint density at radius 2 is 2.00 bits per heavy atom. The third-order valence-corrected chi connectivity index (χ3v) is 4.37. The molecule has 0 aliphatic carbocycles.